The second kappa shape index (κ2) is 6.07. The molecule has 0 amide bonds. The average Bonchev–Trinajstić information content (AvgIpc) is 2.90. The number of ether oxygens (including phenoxy) is 1. The number of nitrogens with two attached hydrogens (primary N) is 1. The monoisotopic (exact) mass is 283 g/mol. The molecule has 0 fully saturated rings. The molecule has 3 rings (SSSR count). The van der Waals surface area contributed by atoms with Crippen molar-refractivity contribution in [2.45, 2.75) is 12.5 Å². The van der Waals surface area contributed by atoms with Crippen molar-refractivity contribution in [2.75, 3.05) is 6.61 Å². The Balaban J connectivity index is 1.63. The van der Waals surface area contributed by atoms with Crippen molar-refractivity contribution in [1.82, 2.24) is 0 Å². The smallest absolute Gasteiger partial charge is 0.119 e. The first-order valence-electron chi connectivity index (χ1n) is 6.71. The van der Waals surface area contributed by atoms with Gasteiger partial charge in [-0.1, -0.05) is 36.4 Å². The zero-order chi connectivity index (χ0) is 13.8. The number of benzene rings is 2. The van der Waals surface area contributed by atoms with Gasteiger partial charge in [-0.3, -0.25) is 0 Å². The van der Waals surface area contributed by atoms with E-state index in [0.29, 0.717) is 6.61 Å². The summed E-state index contributed by atoms with van der Waals surface area (Å²) in [4.78, 5) is 0. The normalized spacial score (nSPS) is 12.4. The predicted molar refractivity (Wildman–Crippen MR) is 85.4 cm³/mol. The summed E-state index contributed by atoms with van der Waals surface area (Å²) in [5.41, 5.74) is 7.50. The van der Waals surface area contributed by atoms with E-state index in [1.165, 1.54) is 15.6 Å². The molecule has 1 aromatic heterocycles. The van der Waals surface area contributed by atoms with E-state index >= 15 is 0 Å². The molecule has 0 bridgehead atoms. The molecule has 0 aliphatic carbocycles. The van der Waals surface area contributed by atoms with Gasteiger partial charge in [0, 0.05) is 10.7 Å². The molecular weight excluding hydrogens is 266 g/mol. The minimum Gasteiger partial charge on any atom is -0.492 e. The van der Waals surface area contributed by atoms with Crippen LogP contribution in [0.4, 0.5) is 0 Å². The Morgan fingerprint density at radius 1 is 1.00 bits per heavy atom. The maximum absolute atomic E-state index is 6.18. The van der Waals surface area contributed by atoms with Gasteiger partial charge in [0.25, 0.3) is 0 Å². The molecule has 3 heteroatoms. The lowest BCUT2D eigenvalue weighted by Crippen LogP contribution is -2.30. The molecule has 0 aliphatic heterocycles. The minimum atomic E-state index is 0.00760. The lowest BCUT2D eigenvalue weighted by Gasteiger charge is -2.12. The van der Waals surface area contributed by atoms with Gasteiger partial charge in [0.2, 0.25) is 0 Å². The third-order valence-corrected chi connectivity index (χ3v) is 4.26. The average molecular weight is 283 g/mol. The fourth-order valence-corrected chi connectivity index (χ4v) is 3.23. The first-order valence-corrected chi connectivity index (χ1v) is 7.59. The van der Waals surface area contributed by atoms with Gasteiger partial charge in [0.1, 0.15) is 12.4 Å². The summed E-state index contributed by atoms with van der Waals surface area (Å²) in [7, 11) is 0. The van der Waals surface area contributed by atoms with Crippen LogP contribution >= 0.6 is 11.3 Å². The number of para-hydroxylation sites is 1. The van der Waals surface area contributed by atoms with Crippen LogP contribution in [0.25, 0.3) is 10.1 Å². The lowest BCUT2D eigenvalue weighted by atomic mass is 10.1. The summed E-state index contributed by atoms with van der Waals surface area (Å²) in [5, 5.41) is 3.51. The maximum atomic E-state index is 6.18. The van der Waals surface area contributed by atoms with Gasteiger partial charge in [-0.05, 0) is 40.9 Å². The highest BCUT2D eigenvalue weighted by atomic mass is 32.1. The Morgan fingerprint density at radius 3 is 2.60 bits per heavy atom. The van der Waals surface area contributed by atoms with Gasteiger partial charge in [0.05, 0.1) is 0 Å². The highest BCUT2D eigenvalue weighted by Gasteiger charge is 2.09. The number of hydrogen-bond donors (Lipinski definition) is 1. The van der Waals surface area contributed by atoms with E-state index in [1.54, 1.807) is 11.3 Å². The van der Waals surface area contributed by atoms with E-state index in [-0.39, 0.29) is 6.04 Å². The van der Waals surface area contributed by atoms with Crippen LogP contribution in [0.1, 0.15) is 5.56 Å². The van der Waals surface area contributed by atoms with E-state index in [1.807, 2.05) is 30.3 Å². The van der Waals surface area contributed by atoms with Crippen LogP contribution in [0.15, 0.2) is 60.0 Å². The molecule has 3 aromatic rings. The van der Waals surface area contributed by atoms with E-state index in [2.05, 4.69) is 29.6 Å². The summed E-state index contributed by atoms with van der Waals surface area (Å²) in [5.74, 6) is 0.873. The highest BCUT2D eigenvalue weighted by molar-refractivity contribution is 7.17. The molecule has 0 saturated heterocycles. The van der Waals surface area contributed by atoms with Crippen molar-refractivity contribution in [3.63, 3.8) is 0 Å². The maximum Gasteiger partial charge on any atom is 0.119 e. The van der Waals surface area contributed by atoms with Crippen molar-refractivity contribution >= 4 is 21.4 Å². The van der Waals surface area contributed by atoms with Crippen molar-refractivity contribution < 1.29 is 4.74 Å². The second-order valence-electron chi connectivity index (χ2n) is 4.85. The zero-order valence-electron chi connectivity index (χ0n) is 11.2. The van der Waals surface area contributed by atoms with Crippen LogP contribution in [-0.4, -0.2) is 12.6 Å². The molecule has 2 nitrogen and oxygen atoms in total. The summed E-state index contributed by atoms with van der Waals surface area (Å²) < 4.78 is 7.03. The van der Waals surface area contributed by atoms with Crippen LogP contribution in [0.2, 0.25) is 0 Å². The summed E-state index contributed by atoms with van der Waals surface area (Å²) in [6.07, 6.45) is 0.844. The van der Waals surface area contributed by atoms with Crippen LogP contribution in [0, 0.1) is 0 Å². The van der Waals surface area contributed by atoms with Crippen molar-refractivity contribution in [3.05, 3.63) is 65.5 Å². The first kappa shape index (κ1) is 13.2. The Hall–Kier alpha value is -1.84. The fourth-order valence-electron chi connectivity index (χ4n) is 2.25. The zero-order valence-corrected chi connectivity index (χ0v) is 12.0. The molecule has 0 aliphatic rings. The Kier molecular flexibility index (Phi) is 4.00. The Morgan fingerprint density at radius 2 is 1.75 bits per heavy atom. The summed E-state index contributed by atoms with van der Waals surface area (Å²) in [6, 6.07) is 18.3. The highest BCUT2D eigenvalue weighted by Crippen LogP contribution is 2.26. The third kappa shape index (κ3) is 3.00. The van der Waals surface area contributed by atoms with Crippen LogP contribution < -0.4 is 10.5 Å². The van der Waals surface area contributed by atoms with E-state index in [0.717, 1.165) is 12.2 Å². The fraction of sp³-hybridized carbons (Fsp3) is 0.176. The van der Waals surface area contributed by atoms with Gasteiger partial charge < -0.3 is 10.5 Å². The lowest BCUT2D eigenvalue weighted by molar-refractivity contribution is 0.288. The summed E-state index contributed by atoms with van der Waals surface area (Å²) in [6.45, 7) is 0.536. The topological polar surface area (TPSA) is 35.2 Å². The molecule has 0 radical (unpaired) electrons. The standard InChI is InChI=1S/C17H17NOS/c18-14(11-19-15-6-2-1-3-7-15)10-13-12-20-17-9-5-4-8-16(13)17/h1-9,12,14H,10-11,18H2. The Labute approximate surface area is 122 Å². The van der Waals surface area contributed by atoms with Gasteiger partial charge in [-0.15, -0.1) is 11.3 Å². The second-order valence-corrected chi connectivity index (χ2v) is 5.76. The van der Waals surface area contributed by atoms with Gasteiger partial charge in [0.15, 0.2) is 0 Å². The molecule has 20 heavy (non-hydrogen) atoms. The van der Waals surface area contributed by atoms with Crippen molar-refractivity contribution in [1.29, 1.82) is 0 Å². The molecular formula is C17H17NOS. The molecule has 2 N–H and O–H groups in total. The SMILES string of the molecule is NC(COc1ccccc1)Cc1csc2ccccc12. The predicted octanol–water partition coefficient (Wildman–Crippen LogP) is 3.85. The number of rotatable bonds is 5. The molecule has 1 unspecified atom stereocenters. The number of hydrogen-bond acceptors (Lipinski definition) is 3. The summed E-state index contributed by atoms with van der Waals surface area (Å²) >= 11 is 1.77. The molecule has 0 saturated carbocycles. The number of thiophene rings is 1. The molecule has 102 valence electrons. The van der Waals surface area contributed by atoms with Gasteiger partial charge >= 0.3 is 0 Å². The van der Waals surface area contributed by atoms with Crippen LogP contribution in [0.5, 0.6) is 5.75 Å². The third-order valence-electron chi connectivity index (χ3n) is 3.25. The quantitative estimate of drug-likeness (QED) is 0.772. The van der Waals surface area contributed by atoms with Crippen LogP contribution in [-0.2, 0) is 6.42 Å². The van der Waals surface area contributed by atoms with Gasteiger partial charge in [-0.25, -0.2) is 0 Å². The molecule has 1 heterocycles. The molecule has 1 atom stereocenters. The molecule has 0 spiro atoms. The Bertz CT molecular complexity index is 678. The largest absolute Gasteiger partial charge is 0.492 e. The van der Waals surface area contributed by atoms with E-state index in [9.17, 15) is 0 Å². The van der Waals surface area contributed by atoms with Gasteiger partial charge in [-0.2, -0.15) is 0 Å². The van der Waals surface area contributed by atoms with Crippen LogP contribution in [0.3, 0.4) is 0 Å². The minimum absolute atomic E-state index is 0.00760. The van der Waals surface area contributed by atoms with E-state index < -0.39 is 0 Å². The van der Waals surface area contributed by atoms with Crippen molar-refractivity contribution in [3.8, 4) is 5.75 Å². The number of fused-ring (bicyclic) bond motifs is 1. The van der Waals surface area contributed by atoms with Crippen molar-refractivity contribution in [2.24, 2.45) is 5.73 Å². The first-order chi connectivity index (χ1) is 9.83. The molecule has 2 aromatic carbocycles. The van der Waals surface area contributed by atoms with E-state index in [4.69, 9.17) is 10.5 Å².